The molecule has 12 heavy (non-hydrogen) atoms. The Morgan fingerprint density at radius 2 is 2.17 bits per heavy atom. The third kappa shape index (κ3) is 1.57. The zero-order valence-corrected chi connectivity index (χ0v) is 7.46. The molecular weight excluding hydrogens is 158 g/mol. The van der Waals surface area contributed by atoms with E-state index in [1.807, 2.05) is 13.8 Å². The van der Waals surface area contributed by atoms with Crippen molar-refractivity contribution in [1.82, 2.24) is 5.32 Å². The number of nitrogens with one attached hydrogen (secondary N) is 1. The van der Waals surface area contributed by atoms with E-state index < -0.39 is 6.23 Å². The highest BCUT2D eigenvalue weighted by atomic mass is 16.6. The Labute approximate surface area is 71.3 Å². The van der Waals surface area contributed by atoms with Gasteiger partial charge in [-0.2, -0.15) is 0 Å². The SMILES string of the molecule is CC(=O)O[C@H]1NC(=O)[C@H]1C(C)C. The molecule has 1 heterocycles. The minimum absolute atomic E-state index is 0.0312. The first-order valence-electron chi connectivity index (χ1n) is 4.00. The number of hydrogen-bond donors (Lipinski definition) is 1. The fourth-order valence-electron chi connectivity index (χ4n) is 1.30. The van der Waals surface area contributed by atoms with Crippen molar-refractivity contribution in [2.45, 2.75) is 27.0 Å². The fraction of sp³-hybridized carbons (Fsp3) is 0.750. The molecule has 4 nitrogen and oxygen atoms in total. The second-order valence-corrected chi connectivity index (χ2v) is 3.31. The van der Waals surface area contributed by atoms with Gasteiger partial charge in [-0.15, -0.1) is 0 Å². The second kappa shape index (κ2) is 3.13. The van der Waals surface area contributed by atoms with Crippen molar-refractivity contribution in [2.75, 3.05) is 0 Å². The first kappa shape index (κ1) is 9.03. The minimum Gasteiger partial charge on any atom is -0.441 e. The Hall–Kier alpha value is -1.06. The predicted octanol–water partition coefficient (Wildman–Crippen LogP) is 0.278. The van der Waals surface area contributed by atoms with Crippen LogP contribution in [0.4, 0.5) is 0 Å². The molecule has 1 rings (SSSR count). The van der Waals surface area contributed by atoms with Crippen LogP contribution in [0.15, 0.2) is 0 Å². The van der Waals surface area contributed by atoms with Gasteiger partial charge in [-0.05, 0) is 5.92 Å². The van der Waals surface area contributed by atoms with Crippen LogP contribution >= 0.6 is 0 Å². The second-order valence-electron chi connectivity index (χ2n) is 3.31. The van der Waals surface area contributed by atoms with Crippen LogP contribution in [0, 0.1) is 11.8 Å². The lowest BCUT2D eigenvalue weighted by molar-refractivity contribution is -0.170. The van der Waals surface area contributed by atoms with Crippen LogP contribution in [-0.4, -0.2) is 18.1 Å². The molecule has 1 fully saturated rings. The molecule has 68 valence electrons. The summed E-state index contributed by atoms with van der Waals surface area (Å²) in [5.74, 6) is -0.348. The highest BCUT2D eigenvalue weighted by Gasteiger charge is 2.43. The molecule has 0 aromatic rings. The summed E-state index contributed by atoms with van der Waals surface area (Å²) in [5.41, 5.74) is 0. The van der Waals surface area contributed by atoms with Gasteiger partial charge in [0, 0.05) is 6.92 Å². The monoisotopic (exact) mass is 171 g/mol. The van der Waals surface area contributed by atoms with Crippen molar-refractivity contribution in [3.8, 4) is 0 Å². The molecule has 0 unspecified atom stereocenters. The third-order valence-corrected chi connectivity index (χ3v) is 1.92. The van der Waals surface area contributed by atoms with E-state index in [9.17, 15) is 9.59 Å². The summed E-state index contributed by atoms with van der Waals surface area (Å²) in [6.07, 6.45) is -0.407. The highest BCUT2D eigenvalue weighted by Crippen LogP contribution is 2.24. The highest BCUT2D eigenvalue weighted by molar-refractivity contribution is 5.86. The topological polar surface area (TPSA) is 55.4 Å². The number of β-lactam (4-membered cyclic amide) rings is 1. The van der Waals surface area contributed by atoms with E-state index in [-0.39, 0.29) is 23.7 Å². The van der Waals surface area contributed by atoms with Gasteiger partial charge in [-0.3, -0.25) is 9.59 Å². The standard InChI is InChI=1S/C8H13NO3/c1-4(2)6-7(11)9-8(6)12-5(3)10/h4,6,8H,1-3H3,(H,9,11)/t6-,8-/m1/s1. The third-order valence-electron chi connectivity index (χ3n) is 1.92. The van der Waals surface area contributed by atoms with E-state index in [0.717, 1.165) is 0 Å². The molecule has 0 aromatic heterocycles. The van der Waals surface area contributed by atoms with Gasteiger partial charge in [-0.1, -0.05) is 13.8 Å². The van der Waals surface area contributed by atoms with E-state index in [4.69, 9.17) is 4.74 Å². The maximum absolute atomic E-state index is 11.0. The van der Waals surface area contributed by atoms with Crippen molar-refractivity contribution in [2.24, 2.45) is 11.8 Å². The summed E-state index contributed by atoms with van der Waals surface area (Å²) in [6, 6.07) is 0. The molecule has 1 N–H and O–H groups in total. The molecule has 1 saturated heterocycles. The number of rotatable bonds is 2. The van der Waals surface area contributed by atoms with Crippen molar-refractivity contribution >= 4 is 11.9 Å². The maximum atomic E-state index is 11.0. The Balaban J connectivity index is 2.48. The molecule has 0 bridgehead atoms. The summed E-state index contributed by atoms with van der Waals surface area (Å²) < 4.78 is 4.86. The van der Waals surface area contributed by atoms with Crippen molar-refractivity contribution in [3.63, 3.8) is 0 Å². The summed E-state index contributed by atoms with van der Waals surface area (Å²) in [6.45, 7) is 5.20. The van der Waals surface area contributed by atoms with Crippen LogP contribution in [0.2, 0.25) is 0 Å². The van der Waals surface area contributed by atoms with Gasteiger partial charge >= 0.3 is 5.97 Å². The molecule has 0 aliphatic carbocycles. The van der Waals surface area contributed by atoms with Gasteiger partial charge < -0.3 is 10.1 Å². The number of carbonyl (C=O) groups is 2. The Morgan fingerprint density at radius 1 is 1.58 bits per heavy atom. The molecule has 1 amide bonds. The lowest BCUT2D eigenvalue weighted by Gasteiger charge is -2.37. The maximum Gasteiger partial charge on any atom is 0.304 e. The molecule has 1 aliphatic heterocycles. The molecule has 2 atom stereocenters. The molecule has 1 aliphatic rings. The van der Waals surface area contributed by atoms with E-state index in [1.54, 1.807) is 0 Å². The predicted molar refractivity (Wildman–Crippen MR) is 42.0 cm³/mol. The largest absolute Gasteiger partial charge is 0.441 e. The molecule has 4 heteroatoms. The van der Waals surface area contributed by atoms with Gasteiger partial charge in [0.25, 0.3) is 0 Å². The Morgan fingerprint density at radius 3 is 2.50 bits per heavy atom. The zero-order chi connectivity index (χ0) is 9.30. The van der Waals surface area contributed by atoms with Gasteiger partial charge in [0.2, 0.25) is 5.91 Å². The van der Waals surface area contributed by atoms with Crippen molar-refractivity contribution < 1.29 is 14.3 Å². The van der Waals surface area contributed by atoms with Crippen molar-refractivity contribution in [1.29, 1.82) is 0 Å². The zero-order valence-electron chi connectivity index (χ0n) is 7.46. The molecule has 0 spiro atoms. The van der Waals surface area contributed by atoms with Crippen LogP contribution in [0.3, 0.4) is 0 Å². The lowest BCUT2D eigenvalue weighted by atomic mass is 9.87. The number of esters is 1. The van der Waals surface area contributed by atoms with Crippen LogP contribution in [0.5, 0.6) is 0 Å². The average Bonchev–Trinajstić information content (AvgIpc) is 1.82. The molecule has 0 saturated carbocycles. The van der Waals surface area contributed by atoms with Crippen LogP contribution < -0.4 is 5.32 Å². The van der Waals surface area contributed by atoms with Gasteiger partial charge in [-0.25, -0.2) is 0 Å². The minimum atomic E-state index is -0.407. The number of ether oxygens (including phenoxy) is 1. The summed E-state index contributed by atoms with van der Waals surface area (Å²) in [4.78, 5) is 21.5. The molecule has 0 aromatic carbocycles. The average molecular weight is 171 g/mol. The van der Waals surface area contributed by atoms with Crippen molar-refractivity contribution in [3.05, 3.63) is 0 Å². The van der Waals surface area contributed by atoms with Crippen LogP contribution in [-0.2, 0) is 14.3 Å². The van der Waals surface area contributed by atoms with E-state index in [1.165, 1.54) is 6.92 Å². The van der Waals surface area contributed by atoms with Gasteiger partial charge in [0.1, 0.15) is 0 Å². The first-order chi connectivity index (χ1) is 5.52. The lowest BCUT2D eigenvalue weighted by Crippen LogP contribution is -2.61. The van der Waals surface area contributed by atoms with Gasteiger partial charge in [0.15, 0.2) is 6.23 Å². The van der Waals surface area contributed by atoms with E-state index in [0.29, 0.717) is 0 Å². The molecule has 0 radical (unpaired) electrons. The summed E-state index contributed by atoms with van der Waals surface area (Å²) >= 11 is 0. The van der Waals surface area contributed by atoms with E-state index >= 15 is 0 Å². The number of hydrogen-bond acceptors (Lipinski definition) is 3. The molecular formula is C8H13NO3. The first-order valence-corrected chi connectivity index (χ1v) is 4.00. The number of amides is 1. The summed E-state index contributed by atoms with van der Waals surface area (Å²) in [7, 11) is 0. The van der Waals surface area contributed by atoms with Crippen LogP contribution in [0.25, 0.3) is 0 Å². The van der Waals surface area contributed by atoms with E-state index in [2.05, 4.69) is 5.32 Å². The number of carbonyl (C=O) groups excluding carboxylic acids is 2. The summed E-state index contributed by atoms with van der Waals surface area (Å²) in [5, 5.41) is 2.52. The smallest absolute Gasteiger partial charge is 0.304 e. The van der Waals surface area contributed by atoms with Gasteiger partial charge in [0.05, 0.1) is 5.92 Å². The van der Waals surface area contributed by atoms with Crippen LogP contribution in [0.1, 0.15) is 20.8 Å². The fourth-order valence-corrected chi connectivity index (χ4v) is 1.30. The normalized spacial score (nSPS) is 27.8. The quantitative estimate of drug-likeness (QED) is 0.479. The Kier molecular flexibility index (Phi) is 2.35. The Bertz CT molecular complexity index is 212.